The molecule has 0 aliphatic carbocycles. The summed E-state index contributed by atoms with van der Waals surface area (Å²) in [5.41, 5.74) is 3.14. The first kappa shape index (κ1) is 21.3. The second-order valence-electron chi connectivity index (χ2n) is 7.86. The van der Waals surface area contributed by atoms with E-state index < -0.39 is 5.97 Å². The minimum Gasteiger partial charge on any atom is -0.496 e. The highest BCUT2D eigenvalue weighted by molar-refractivity contribution is 5.87. The third-order valence-corrected chi connectivity index (χ3v) is 4.40. The fraction of sp³-hybridized carbons (Fsp3) is 0.364. The van der Waals surface area contributed by atoms with E-state index in [2.05, 4.69) is 25.3 Å². The first-order valence-corrected chi connectivity index (χ1v) is 9.75. The van der Waals surface area contributed by atoms with E-state index in [9.17, 15) is 4.79 Å². The highest BCUT2D eigenvalue weighted by Gasteiger charge is 2.21. The molecule has 2 heterocycles. The van der Waals surface area contributed by atoms with Gasteiger partial charge in [-0.1, -0.05) is 20.8 Å². The summed E-state index contributed by atoms with van der Waals surface area (Å²) in [6, 6.07) is 7.29. The number of aromatic amines is 1. The maximum Gasteiger partial charge on any atom is 0.357 e. The van der Waals surface area contributed by atoms with Crippen LogP contribution >= 0.6 is 0 Å². The number of imidazole rings is 1. The van der Waals surface area contributed by atoms with Crippen molar-refractivity contribution in [3.8, 4) is 17.1 Å². The molecule has 2 aromatic heterocycles. The van der Waals surface area contributed by atoms with Crippen LogP contribution < -0.4 is 10.1 Å². The van der Waals surface area contributed by atoms with Crippen molar-refractivity contribution >= 4 is 17.6 Å². The zero-order chi connectivity index (χ0) is 21.9. The molecule has 158 valence electrons. The van der Waals surface area contributed by atoms with Gasteiger partial charge in [-0.2, -0.15) is 0 Å². The fourth-order valence-corrected chi connectivity index (χ4v) is 2.84. The van der Waals surface area contributed by atoms with Gasteiger partial charge >= 0.3 is 5.97 Å². The highest BCUT2D eigenvalue weighted by Crippen LogP contribution is 2.32. The molecule has 0 saturated heterocycles. The number of carbonyl (C=O) groups is 1. The van der Waals surface area contributed by atoms with E-state index >= 15 is 0 Å². The summed E-state index contributed by atoms with van der Waals surface area (Å²) in [5.74, 6) is 1.21. The molecule has 1 aromatic carbocycles. The quantitative estimate of drug-likeness (QED) is 0.582. The maximum atomic E-state index is 12.3. The van der Waals surface area contributed by atoms with Gasteiger partial charge in [-0.3, -0.25) is 0 Å². The number of rotatable bonds is 6. The molecule has 8 heteroatoms. The molecule has 0 aliphatic rings. The van der Waals surface area contributed by atoms with E-state index in [1.54, 1.807) is 20.1 Å². The Morgan fingerprint density at radius 2 is 1.93 bits per heavy atom. The van der Waals surface area contributed by atoms with E-state index in [1.807, 2.05) is 52.1 Å². The first-order valence-electron chi connectivity index (χ1n) is 9.75. The number of nitrogens with one attached hydrogen (secondary N) is 2. The summed E-state index contributed by atoms with van der Waals surface area (Å²) in [7, 11) is 1.61. The molecule has 0 atom stereocenters. The lowest BCUT2D eigenvalue weighted by Crippen LogP contribution is -2.18. The van der Waals surface area contributed by atoms with Crippen LogP contribution in [0.15, 0.2) is 30.5 Å². The van der Waals surface area contributed by atoms with Crippen LogP contribution in [0.3, 0.4) is 0 Å². The van der Waals surface area contributed by atoms with Crippen LogP contribution in [0.25, 0.3) is 11.4 Å². The van der Waals surface area contributed by atoms with Gasteiger partial charge in [-0.25, -0.2) is 19.7 Å². The number of H-pyrrole nitrogens is 1. The van der Waals surface area contributed by atoms with Gasteiger partial charge in [0.1, 0.15) is 11.6 Å². The number of nitrogens with zero attached hydrogens (tertiary/aromatic N) is 3. The normalized spacial score (nSPS) is 11.3. The Labute approximate surface area is 176 Å². The van der Waals surface area contributed by atoms with Gasteiger partial charge < -0.3 is 19.8 Å². The van der Waals surface area contributed by atoms with Crippen molar-refractivity contribution in [2.45, 2.75) is 40.0 Å². The van der Waals surface area contributed by atoms with Crippen molar-refractivity contribution in [1.82, 2.24) is 19.9 Å². The van der Waals surface area contributed by atoms with Crippen molar-refractivity contribution in [3.63, 3.8) is 0 Å². The van der Waals surface area contributed by atoms with Crippen LogP contribution in [-0.2, 0) is 10.2 Å². The van der Waals surface area contributed by atoms with Crippen molar-refractivity contribution in [1.29, 1.82) is 0 Å². The smallest absolute Gasteiger partial charge is 0.357 e. The molecule has 0 spiro atoms. The van der Waals surface area contributed by atoms with E-state index in [4.69, 9.17) is 9.47 Å². The van der Waals surface area contributed by atoms with E-state index in [-0.39, 0.29) is 17.7 Å². The zero-order valence-corrected chi connectivity index (χ0v) is 18.2. The number of carbonyl (C=O) groups excluding carboxylic acids is 1. The van der Waals surface area contributed by atoms with E-state index in [0.29, 0.717) is 11.7 Å². The van der Waals surface area contributed by atoms with Gasteiger partial charge in [0, 0.05) is 23.4 Å². The van der Waals surface area contributed by atoms with Gasteiger partial charge in [-0.15, -0.1) is 0 Å². The van der Waals surface area contributed by atoms with Crippen LogP contribution in [0.1, 0.15) is 49.6 Å². The summed E-state index contributed by atoms with van der Waals surface area (Å²) in [5, 5.41) is 3.17. The molecule has 3 rings (SSSR count). The molecule has 0 radical (unpaired) electrons. The second-order valence-corrected chi connectivity index (χ2v) is 7.86. The molecular weight excluding hydrogens is 382 g/mol. The number of methoxy groups -OCH3 is 1. The molecule has 0 aliphatic heterocycles. The minimum atomic E-state index is -0.477. The molecular formula is C22H27N5O3. The summed E-state index contributed by atoms with van der Waals surface area (Å²) in [4.78, 5) is 28.8. The monoisotopic (exact) mass is 409 g/mol. The standard InChI is InChI=1S/C22H27N5O3/c1-7-30-20(28)16-11-18(22(3,4)5)27-21(26-16)25-14-8-9-15(17(10-14)29-6)19-23-12-13(2)24-19/h8-12H,7H2,1-6H3,(H,23,24)(H,25,26,27). The Bertz CT molecular complexity index is 1050. The molecule has 0 fully saturated rings. The number of aryl methyl sites for hydroxylation is 1. The number of hydrogen-bond acceptors (Lipinski definition) is 7. The van der Waals surface area contributed by atoms with Gasteiger partial charge in [0.25, 0.3) is 0 Å². The number of hydrogen-bond donors (Lipinski definition) is 2. The average Bonchev–Trinajstić information content (AvgIpc) is 3.13. The predicted octanol–water partition coefficient (Wildman–Crippen LogP) is 4.40. The topological polar surface area (TPSA) is 102 Å². The average molecular weight is 409 g/mol. The second kappa shape index (κ2) is 8.52. The molecule has 30 heavy (non-hydrogen) atoms. The van der Waals surface area contributed by atoms with Crippen LogP contribution in [0.2, 0.25) is 0 Å². The van der Waals surface area contributed by atoms with Gasteiger partial charge in [0.2, 0.25) is 5.95 Å². The SMILES string of the molecule is CCOC(=O)c1cc(C(C)(C)C)nc(Nc2ccc(-c3nc(C)c[nH]3)c(OC)c2)n1. The molecule has 8 nitrogen and oxygen atoms in total. The first-order chi connectivity index (χ1) is 14.2. The molecule has 0 saturated carbocycles. The van der Waals surface area contributed by atoms with Crippen molar-refractivity contribution in [2.75, 3.05) is 19.0 Å². The Hall–Kier alpha value is -3.42. The number of esters is 1. The summed E-state index contributed by atoms with van der Waals surface area (Å²) < 4.78 is 10.7. The molecule has 0 bridgehead atoms. The van der Waals surface area contributed by atoms with Crippen molar-refractivity contribution in [2.24, 2.45) is 0 Å². The molecule has 2 N–H and O–H groups in total. The number of anilines is 2. The Morgan fingerprint density at radius 1 is 1.17 bits per heavy atom. The molecule has 3 aromatic rings. The third-order valence-electron chi connectivity index (χ3n) is 4.40. The minimum absolute atomic E-state index is 0.217. The van der Waals surface area contributed by atoms with Gasteiger partial charge in [-0.05, 0) is 32.0 Å². The largest absolute Gasteiger partial charge is 0.496 e. The van der Waals surface area contributed by atoms with Crippen molar-refractivity contribution < 1.29 is 14.3 Å². The van der Waals surface area contributed by atoms with E-state index in [1.165, 1.54) is 0 Å². The lowest BCUT2D eigenvalue weighted by atomic mass is 9.91. The van der Waals surface area contributed by atoms with Gasteiger partial charge in [0.05, 0.1) is 30.7 Å². The van der Waals surface area contributed by atoms with Crippen LogP contribution in [0, 0.1) is 6.92 Å². The zero-order valence-electron chi connectivity index (χ0n) is 18.2. The Morgan fingerprint density at radius 3 is 2.53 bits per heavy atom. The Balaban J connectivity index is 1.96. The Kier molecular flexibility index (Phi) is 6.05. The van der Waals surface area contributed by atoms with Crippen molar-refractivity contribution in [3.05, 3.63) is 47.5 Å². The number of benzene rings is 1. The molecule has 0 unspecified atom stereocenters. The lowest BCUT2D eigenvalue weighted by Gasteiger charge is -2.19. The highest BCUT2D eigenvalue weighted by atomic mass is 16.5. The predicted molar refractivity (Wildman–Crippen MR) is 115 cm³/mol. The fourth-order valence-electron chi connectivity index (χ4n) is 2.84. The number of aromatic nitrogens is 4. The third kappa shape index (κ3) is 4.76. The van der Waals surface area contributed by atoms with E-state index in [0.717, 1.165) is 28.5 Å². The number of ether oxygens (including phenoxy) is 2. The van der Waals surface area contributed by atoms with Gasteiger partial charge in [0.15, 0.2) is 5.69 Å². The summed E-state index contributed by atoms with van der Waals surface area (Å²) in [6.45, 7) is 10.0. The van der Waals surface area contributed by atoms with Crippen LogP contribution in [0.5, 0.6) is 5.75 Å². The lowest BCUT2D eigenvalue weighted by molar-refractivity contribution is 0.0519. The summed E-state index contributed by atoms with van der Waals surface area (Å²) in [6.07, 6.45) is 1.84. The maximum absolute atomic E-state index is 12.3. The van der Waals surface area contributed by atoms with Crippen LogP contribution in [-0.4, -0.2) is 39.6 Å². The molecule has 0 amide bonds. The summed E-state index contributed by atoms with van der Waals surface area (Å²) >= 11 is 0. The van der Waals surface area contributed by atoms with Crippen LogP contribution in [0.4, 0.5) is 11.6 Å².